The average molecular weight is 248 g/mol. The Kier molecular flexibility index (Phi) is 3.22. The fourth-order valence-electron chi connectivity index (χ4n) is 1.44. The highest BCUT2D eigenvalue weighted by molar-refractivity contribution is 6.06. The van der Waals surface area contributed by atoms with Crippen molar-refractivity contribution >= 4 is 5.78 Å². The van der Waals surface area contributed by atoms with E-state index in [1.54, 1.807) is 17.8 Å². The van der Waals surface area contributed by atoms with Crippen molar-refractivity contribution in [2.75, 3.05) is 14.2 Å². The molecule has 2 aromatic rings. The number of aromatic nitrogens is 4. The van der Waals surface area contributed by atoms with E-state index in [1.165, 1.54) is 26.6 Å². The van der Waals surface area contributed by atoms with Crippen molar-refractivity contribution in [3.05, 3.63) is 30.1 Å². The fourth-order valence-corrected chi connectivity index (χ4v) is 1.44. The Balaban J connectivity index is 2.45. The highest BCUT2D eigenvalue weighted by Gasteiger charge is 2.21. The molecule has 2 heterocycles. The van der Waals surface area contributed by atoms with Gasteiger partial charge in [0.15, 0.2) is 11.5 Å². The summed E-state index contributed by atoms with van der Waals surface area (Å²) in [6, 6.07) is 0. The first kappa shape index (κ1) is 12.0. The summed E-state index contributed by atoms with van der Waals surface area (Å²) in [6.07, 6.45) is 4.58. The van der Waals surface area contributed by atoms with Gasteiger partial charge < -0.3 is 14.0 Å². The Morgan fingerprint density at radius 1 is 1.28 bits per heavy atom. The first-order chi connectivity index (χ1) is 8.67. The average Bonchev–Trinajstić information content (AvgIpc) is 2.83. The number of carbonyl (C=O) groups is 1. The molecule has 18 heavy (non-hydrogen) atoms. The highest BCUT2D eigenvalue weighted by Crippen LogP contribution is 2.19. The zero-order chi connectivity index (χ0) is 13.1. The van der Waals surface area contributed by atoms with Crippen molar-refractivity contribution in [3.63, 3.8) is 0 Å². The molecule has 2 aromatic heterocycles. The van der Waals surface area contributed by atoms with Gasteiger partial charge in [0.05, 0.1) is 20.4 Å². The van der Waals surface area contributed by atoms with Crippen LogP contribution >= 0.6 is 0 Å². The largest absolute Gasteiger partial charge is 0.480 e. The van der Waals surface area contributed by atoms with Crippen LogP contribution in [-0.2, 0) is 7.05 Å². The van der Waals surface area contributed by atoms with E-state index < -0.39 is 0 Å². The predicted molar refractivity (Wildman–Crippen MR) is 61.8 cm³/mol. The molecule has 0 amide bonds. The molecule has 7 heteroatoms. The second-order valence-corrected chi connectivity index (χ2v) is 3.46. The molecular formula is C11H12N4O3. The minimum atomic E-state index is -0.352. The van der Waals surface area contributed by atoms with E-state index in [4.69, 9.17) is 9.47 Å². The van der Waals surface area contributed by atoms with E-state index in [-0.39, 0.29) is 29.1 Å². The molecule has 0 aliphatic rings. The molecule has 0 radical (unpaired) electrons. The first-order valence-electron chi connectivity index (χ1n) is 5.14. The van der Waals surface area contributed by atoms with Crippen LogP contribution in [0.1, 0.15) is 16.3 Å². The Labute approximate surface area is 103 Å². The van der Waals surface area contributed by atoms with Crippen LogP contribution in [0.2, 0.25) is 0 Å². The Bertz CT molecular complexity index is 579. The number of carbonyl (C=O) groups excluding carboxylic acids is 1. The van der Waals surface area contributed by atoms with Gasteiger partial charge in [0.25, 0.3) is 5.78 Å². The van der Waals surface area contributed by atoms with E-state index in [2.05, 4.69) is 15.0 Å². The molecule has 0 unspecified atom stereocenters. The summed E-state index contributed by atoms with van der Waals surface area (Å²) >= 11 is 0. The number of methoxy groups -OCH3 is 2. The summed E-state index contributed by atoms with van der Waals surface area (Å²) in [6.45, 7) is 0. The van der Waals surface area contributed by atoms with E-state index >= 15 is 0 Å². The molecule has 0 aromatic carbocycles. The summed E-state index contributed by atoms with van der Waals surface area (Å²) in [5.41, 5.74) is 0.104. The molecular weight excluding hydrogens is 236 g/mol. The van der Waals surface area contributed by atoms with Crippen molar-refractivity contribution in [1.29, 1.82) is 0 Å². The van der Waals surface area contributed by atoms with Crippen LogP contribution < -0.4 is 9.47 Å². The van der Waals surface area contributed by atoms with Gasteiger partial charge in [-0.05, 0) is 0 Å². The van der Waals surface area contributed by atoms with Crippen LogP contribution in [0.15, 0.2) is 18.6 Å². The SMILES string of the molecule is COc1cnc(C(=O)c2nccn2C)c(OC)n1. The third-order valence-corrected chi connectivity index (χ3v) is 2.36. The fraction of sp³-hybridized carbons (Fsp3) is 0.273. The van der Waals surface area contributed by atoms with Crippen LogP contribution in [0.25, 0.3) is 0 Å². The standard InChI is InChI=1S/C11H12N4O3/c1-15-5-4-12-10(15)9(16)8-11(18-3)14-7(17-2)6-13-8/h4-6H,1-3H3. The maximum atomic E-state index is 12.2. The highest BCUT2D eigenvalue weighted by atomic mass is 16.5. The lowest BCUT2D eigenvalue weighted by atomic mass is 10.2. The van der Waals surface area contributed by atoms with Gasteiger partial charge in [0.1, 0.15) is 0 Å². The summed E-state index contributed by atoms with van der Waals surface area (Å²) in [4.78, 5) is 24.2. The van der Waals surface area contributed by atoms with Gasteiger partial charge in [-0.2, -0.15) is 4.98 Å². The normalized spacial score (nSPS) is 10.2. The van der Waals surface area contributed by atoms with Gasteiger partial charge in [0, 0.05) is 19.4 Å². The van der Waals surface area contributed by atoms with Crippen molar-refractivity contribution in [2.45, 2.75) is 0 Å². The quantitative estimate of drug-likeness (QED) is 0.731. The smallest absolute Gasteiger partial charge is 0.252 e. The van der Waals surface area contributed by atoms with Crippen molar-refractivity contribution in [1.82, 2.24) is 19.5 Å². The first-order valence-corrected chi connectivity index (χ1v) is 5.14. The number of ketones is 1. The third kappa shape index (κ3) is 2.02. The van der Waals surface area contributed by atoms with Crippen molar-refractivity contribution in [2.24, 2.45) is 7.05 Å². The van der Waals surface area contributed by atoms with Gasteiger partial charge in [-0.3, -0.25) is 4.79 Å². The topological polar surface area (TPSA) is 79.1 Å². The predicted octanol–water partition coefficient (Wildman–Crippen LogP) is 0.458. The van der Waals surface area contributed by atoms with Crippen LogP contribution in [-0.4, -0.2) is 39.5 Å². The van der Waals surface area contributed by atoms with Gasteiger partial charge in [-0.1, -0.05) is 0 Å². The van der Waals surface area contributed by atoms with Gasteiger partial charge in [-0.25, -0.2) is 9.97 Å². The summed E-state index contributed by atoms with van der Waals surface area (Å²) < 4.78 is 11.6. The summed E-state index contributed by atoms with van der Waals surface area (Å²) in [7, 11) is 4.60. The molecule has 7 nitrogen and oxygen atoms in total. The Morgan fingerprint density at radius 2 is 2.06 bits per heavy atom. The second-order valence-electron chi connectivity index (χ2n) is 3.46. The van der Waals surface area contributed by atoms with Crippen LogP contribution in [0.3, 0.4) is 0 Å². The zero-order valence-corrected chi connectivity index (χ0v) is 10.2. The number of rotatable bonds is 4. The molecule has 0 fully saturated rings. The Hall–Kier alpha value is -2.44. The van der Waals surface area contributed by atoms with Crippen molar-refractivity contribution in [3.8, 4) is 11.8 Å². The van der Waals surface area contributed by atoms with Crippen LogP contribution in [0.5, 0.6) is 11.8 Å². The number of imidazole rings is 1. The van der Waals surface area contributed by atoms with E-state index in [0.717, 1.165) is 0 Å². The lowest BCUT2D eigenvalue weighted by Crippen LogP contribution is -2.13. The number of hydrogen-bond acceptors (Lipinski definition) is 6. The summed E-state index contributed by atoms with van der Waals surface area (Å²) in [5.74, 6) is 0.313. The minimum absolute atomic E-state index is 0.104. The molecule has 0 N–H and O–H groups in total. The third-order valence-electron chi connectivity index (χ3n) is 2.36. The van der Waals surface area contributed by atoms with Crippen LogP contribution in [0.4, 0.5) is 0 Å². The van der Waals surface area contributed by atoms with Crippen molar-refractivity contribution < 1.29 is 14.3 Å². The van der Waals surface area contributed by atoms with Gasteiger partial charge >= 0.3 is 0 Å². The second kappa shape index (κ2) is 4.82. The van der Waals surface area contributed by atoms with E-state index in [0.29, 0.717) is 0 Å². The molecule has 2 rings (SSSR count). The molecule has 0 spiro atoms. The lowest BCUT2D eigenvalue weighted by Gasteiger charge is -2.07. The molecule has 0 aliphatic heterocycles. The van der Waals surface area contributed by atoms with Crippen LogP contribution in [0, 0.1) is 0 Å². The molecule has 0 saturated carbocycles. The minimum Gasteiger partial charge on any atom is -0.480 e. The van der Waals surface area contributed by atoms with E-state index in [1.807, 2.05) is 0 Å². The number of aryl methyl sites for hydroxylation is 1. The maximum Gasteiger partial charge on any atom is 0.252 e. The number of nitrogens with zero attached hydrogens (tertiary/aromatic N) is 4. The van der Waals surface area contributed by atoms with Gasteiger partial charge in [0.2, 0.25) is 11.8 Å². The van der Waals surface area contributed by atoms with Gasteiger partial charge in [-0.15, -0.1) is 0 Å². The number of hydrogen-bond donors (Lipinski definition) is 0. The molecule has 0 aliphatic carbocycles. The van der Waals surface area contributed by atoms with E-state index in [9.17, 15) is 4.79 Å². The zero-order valence-electron chi connectivity index (χ0n) is 10.2. The molecule has 0 saturated heterocycles. The monoisotopic (exact) mass is 248 g/mol. The summed E-state index contributed by atoms with van der Waals surface area (Å²) in [5, 5.41) is 0. The number of ether oxygens (including phenoxy) is 2. The molecule has 0 atom stereocenters. The molecule has 0 bridgehead atoms. The maximum absolute atomic E-state index is 12.2. The Morgan fingerprint density at radius 3 is 2.61 bits per heavy atom. The lowest BCUT2D eigenvalue weighted by molar-refractivity contribution is 0.101. The molecule has 94 valence electrons.